The summed E-state index contributed by atoms with van der Waals surface area (Å²) in [6.07, 6.45) is 3.88. The maximum atomic E-state index is 12.3. The molecule has 0 bridgehead atoms. The lowest BCUT2D eigenvalue weighted by atomic mass is 10.0. The summed E-state index contributed by atoms with van der Waals surface area (Å²) in [7, 11) is 1.95. The van der Waals surface area contributed by atoms with Crippen LogP contribution in [-0.4, -0.2) is 42.0 Å². The van der Waals surface area contributed by atoms with Gasteiger partial charge in [-0.05, 0) is 38.4 Å². The number of piperidine rings is 1. The molecule has 0 spiro atoms. The van der Waals surface area contributed by atoms with Crippen molar-refractivity contribution in [1.82, 2.24) is 15.2 Å². The molecule has 0 aromatic carbocycles. The Hall–Kier alpha value is -1.42. The summed E-state index contributed by atoms with van der Waals surface area (Å²) in [4.78, 5) is 18.4. The molecular formula is C13H19N3O. The van der Waals surface area contributed by atoms with E-state index in [0.29, 0.717) is 11.7 Å². The molecule has 1 aliphatic rings. The van der Waals surface area contributed by atoms with Crippen LogP contribution in [0.1, 0.15) is 28.9 Å². The average Bonchev–Trinajstić information content (AvgIpc) is 2.38. The monoisotopic (exact) mass is 233 g/mol. The average molecular weight is 233 g/mol. The second-order valence-electron chi connectivity index (χ2n) is 4.55. The summed E-state index contributed by atoms with van der Waals surface area (Å²) in [6, 6.07) is 4.20. The Morgan fingerprint density at radius 3 is 3.12 bits per heavy atom. The van der Waals surface area contributed by atoms with Crippen LogP contribution in [0.15, 0.2) is 18.3 Å². The molecule has 4 heteroatoms. The lowest BCUT2D eigenvalue weighted by Crippen LogP contribution is -2.47. The van der Waals surface area contributed by atoms with Crippen molar-refractivity contribution >= 4 is 5.91 Å². The molecule has 2 heterocycles. The Labute approximate surface area is 102 Å². The zero-order valence-electron chi connectivity index (χ0n) is 10.4. The standard InChI is InChI=1S/C13H19N3O/c1-10-5-3-7-15-12(10)13(17)16-8-4-6-11(9-16)14-2/h3,5,7,11,14H,4,6,8-9H2,1-2H3. The van der Waals surface area contributed by atoms with E-state index in [-0.39, 0.29) is 5.91 Å². The minimum Gasteiger partial charge on any atom is -0.336 e. The molecule has 4 nitrogen and oxygen atoms in total. The van der Waals surface area contributed by atoms with Crippen LogP contribution in [0, 0.1) is 6.92 Å². The third-order valence-corrected chi connectivity index (χ3v) is 3.33. The van der Waals surface area contributed by atoms with Crippen molar-refractivity contribution in [1.29, 1.82) is 0 Å². The van der Waals surface area contributed by atoms with Gasteiger partial charge < -0.3 is 10.2 Å². The van der Waals surface area contributed by atoms with Gasteiger partial charge in [-0.2, -0.15) is 0 Å². The smallest absolute Gasteiger partial charge is 0.272 e. The molecule has 1 aromatic rings. The quantitative estimate of drug-likeness (QED) is 0.835. The van der Waals surface area contributed by atoms with Gasteiger partial charge in [-0.3, -0.25) is 9.78 Å². The number of nitrogens with one attached hydrogen (secondary N) is 1. The Morgan fingerprint density at radius 1 is 1.59 bits per heavy atom. The van der Waals surface area contributed by atoms with E-state index >= 15 is 0 Å². The van der Waals surface area contributed by atoms with Crippen LogP contribution in [0.25, 0.3) is 0 Å². The first kappa shape index (κ1) is 12.0. The van der Waals surface area contributed by atoms with Crippen molar-refractivity contribution in [3.63, 3.8) is 0 Å². The highest BCUT2D eigenvalue weighted by Gasteiger charge is 2.24. The van der Waals surface area contributed by atoms with E-state index in [9.17, 15) is 4.79 Å². The minimum atomic E-state index is 0.0584. The van der Waals surface area contributed by atoms with E-state index in [1.54, 1.807) is 6.20 Å². The number of carbonyl (C=O) groups excluding carboxylic acids is 1. The van der Waals surface area contributed by atoms with Crippen LogP contribution in [0.5, 0.6) is 0 Å². The van der Waals surface area contributed by atoms with Crippen LogP contribution in [0.3, 0.4) is 0 Å². The van der Waals surface area contributed by atoms with Crippen molar-refractivity contribution in [2.75, 3.05) is 20.1 Å². The molecule has 1 N–H and O–H groups in total. The Kier molecular flexibility index (Phi) is 3.74. The number of pyridine rings is 1. The molecule has 1 saturated heterocycles. The van der Waals surface area contributed by atoms with Crippen molar-refractivity contribution in [3.8, 4) is 0 Å². The molecule has 1 unspecified atom stereocenters. The number of aryl methyl sites for hydroxylation is 1. The van der Waals surface area contributed by atoms with Crippen LogP contribution in [0.4, 0.5) is 0 Å². The number of aromatic nitrogens is 1. The highest BCUT2D eigenvalue weighted by molar-refractivity contribution is 5.93. The number of likely N-dealkylation sites (N-methyl/N-ethyl adjacent to an activating group) is 1. The van der Waals surface area contributed by atoms with Gasteiger partial charge in [0.25, 0.3) is 5.91 Å². The minimum absolute atomic E-state index is 0.0584. The number of likely N-dealkylation sites (tertiary alicyclic amines) is 1. The van der Waals surface area contributed by atoms with E-state index in [2.05, 4.69) is 10.3 Å². The summed E-state index contributed by atoms with van der Waals surface area (Å²) >= 11 is 0. The first-order valence-electron chi connectivity index (χ1n) is 6.10. The lowest BCUT2D eigenvalue weighted by Gasteiger charge is -2.32. The van der Waals surface area contributed by atoms with Gasteiger partial charge in [0.2, 0.25) is 0 Å². The number of hydrogen-bond acceptors (Lipinski definition) is 3. The first-order valence-corrected chi connectivity index (χ1v) is 6.10. The zero-order valence-corrected chi connectivity index (χ0v) is 10.4. The maximum Gasteiger partial charge on any atom is 0.272 e. The molecule has 1 aliphatic heterocycles. The zero-order chi connectivity index (χ0) is 12.3. The fourth-order valence-electron chi connectivity index (χ4n) is 2.26. The number of hydrogen-bond donors (Lipinski definition) is 1. The number of amides is 1. The third-order valence-electron chi connectivity index (χ3n) is 3.33. The van der Waals surface area contributed by atoms with Gasteiger partial charge in [0.1, 0.15) is 5.69 Å². The molecule has 1 atom stereocenters. The molecule has 0 saturated carbocycles. The third kappa shape index (κ3) is 2.64. The summed E-state index contributed by atoms with van der Waals surface area (Å²) in [5, 5.41) is 3.24. The molecule has 17 heavy (non-hydrogen) atoms. The van der Waals surface area contributed by atoms with E-state index in [1.165, 1.54) is 0 Å². The molecule has 1 amide bonds. The summed E-state index contributed by atoms with van der Waals surface area (Å²) in [5.41, 5.74) is 1.54. The maximum absolute atomic E-state index is 12.3. The molecule has 92 valence electrons. The molecule has 2 rings (SSSR count). The number of rotatable bonds is 2. The van der Waals surface area contributed by atoms with Gasteiger partial charge >= 0.3 is 0 Å². The fourth-order valence-corrected chi connectivity index (χ4v) is 2.26. The highest BCUT2D eigenvalue weighted by Crippen LogP contribution is 2.14. The topological polar surface area (TPSA) is 45.2 Å². The molecule has 1 aromatic heterocycles. The van der Waals surface area contributed by atoms with Gasteiger partial charge in [0.05, 0.1) is 0 Å². The highest BCUT2D eigenvalue weighted by atomic mass is 16.2. The number of nitrogens with zero attached hydrogens (tertiary/aromatic N) is 2. The summed E-state index contributed by atoms with van der Waals surface area (Å²) in [5.74, 6) is 0.0584. The van der Waals surface area contributed by atoms with Crippen molar-refractivity contribution < 1.29 is 4.79 Å². The van der Waals surface area contributed by atoms with E-state index in [0.717, 1.165) is 31.5 Å². The summed E-state index contributed by atoms with van der Waals surface area (Å²) < 4.78 is 0. The normalized spacial score (nSPS) is 20.4. The fraction of sp³-hybridized carbons (Fsp3) is 0.538. The lowest BCUT2D eigenvalue weighted by molar-refractivity contribution is 0.0691. The van der Waals surface area contributed by atoms with Crippen molar-refractivity contribution in [2.45, 2.75) is 25.8 Å². The van der Waals surface area contributed by atoms with Gasteiger partial charge in [-0.1, -0.05) is 6.07 Å². The van der Waals surface area contributed by atoms with Crippen molar-refractivity contribution in [3.05, 3.63) is 29.6 Å². The molecule has 0 radical (unpaired) electrons. The first-order chi connectivity index (χ1) is 8.22. The second-order valence-corrected chi connectivity index (χ2v) is 4.55. The van der Waals surface area contributed by atoms with E-state index in [1.807, 2.05) is 31.0 Å². The van der Waals surface area contributed by atoms with Gasteiger partial charge in [0.15, 0.2) is 0 Å². The Bertz CT molecular complexity index is 405. The SMILES string of the molecule is CNC1CCCN(C(=O)c2ncccc2C)C1. The van der Waals surface area contributed by atoms with Gasteiger partial charge in [0, 0.05) is 25.3 Å². The predicted octanol–water partition coefficient (Wildman–Crippen LogP) is 1.21. The number of carbonyl (C=O) groups is 1. The second kappa shape index (κ2) is 5.27. The largest absolute Gasteiger partial charge is 0.336 e. The van der Waals surface area contributed by atoms with Crippen LogP contribution in [-0.2, 0) is 0 Å². The molecular weight excluding hydrogens is 214 g/mol. The van der Waals surface area contributed by atoms with Crippen LogP contribution < -0.4 is 5.32 Å². The van der Waals surface area contributed by atoms with Gasteiger partial charge in [-0.15, -0.1) is 0 Å². The molecule has 0 aliphatic carbocycles. The Morgan fingerprint density at radius 2 is 2.41 bits per heavy atom. The van der Waals surface area contributed by atoms with Crippen molar-refractivity contribution in [2.24, 2.45) is 0 Å². The van der Waals surface area contributed by atoms with Gasteiger partial charge in [-0.25, -0.2) is 0 Å². The Balaban J connectivity index is 2.12. The van der Waals surface area contributed by atoms with Crippen LogP contribution in [0.2, 0.25) is 0 Å². The van der Waals surface area contributed by atoms with Crippen LogP contribution >= 0.6 is 0 Å². The summed E-state index contributed by atoms with van der Waals surface area (Å²) in [6.45, 7) is 3.55. The molecule has 1 fully saturated rings. The van der Waals surface area contributed by atoms with E-state index in [4.69, 9.17) is 0 Å². The predicted molar refractivity (Wildman–Crippen MR) is 67.0 cm³/mol. The van der Waals surface area contributed by atoms with E-state index < -0.39 is 0 Å².